The molecule has 0 aliphatic carbocycles. The fourth-order valence-electron chi connectivity index (χ4n) is 2.20. The number of hydrogen-bond donors (Lipinski definition) is 1. The van der Waals surface area contributed by atoms with Gasteiger partial charge in [-0.2, -0.15) is 11.8 Å². The maximum absolute atomic E-state index is 12.1. The predicted molar refractivity (Wildman–Crippen MR) is 103 cm³/mol. The molecule has 1 amide bonds. The summed E-state index contributed by atoms with van der Waals surface area (Å²) in [6.07, 6.45) is 0. The highest BCUT2D eigenvalue weighted by atomic mass is 35.5. The van der Waals surface area contributed by atoms with E-state index < -0.39 is 0 Å². The van der Waals surface area contributed by atoms with Crippen LogP contribution in [-0.4, -0.2) is 25.3 Å². The molecule has 0 atom stereocenters. The van der Waals surface area contributed by atoms with Gasteiger partial charge in [-0.1, -0.05) is 29.3 Å². The molecule has 0 radical (unpaired) electrons. The molecule has 3 nitrogen and oxygen atoms in total. The minimum Gasteiger partial charge on any atom is -0.496 e. The Hall–Kier alpha value is -1.36. The molecule has 24 heavy (non-hydrogen) atoms. The second kappa shape index (κ2) is 9.21. The molecule has 128 valence electrons. The summed E-state index contributed by atoms with van der Waals surface area (Å²) in [5.74, 6) is 2.19. The van der Waals surface area contributed by atoms with Crippen LogP contribution in [0.2, 0.25) is 10.0 Å². The fourth-order valence-corrected chi connectivity index (χ4v) is 3.80. The predicted octanol–water partition coefficient (Wildman–Crippen LogP) is 4.97. The van der Waals surface area contributed by atoms with Crippen molar-refractivity contribution in [3.63, 3.8) is 0 Å². The van der Waals surface area contributed by atoms with Crippen LogP contribution in [0.25, 0.3) is 0 Å². The van der Waals surface area contributed by atoms with Crippen LogP contribution in [0.15, 0.2) is 36.4 Å². The number of amides is 1. The zero-order valence-electron chi connectivity index (χ0n) is 13.6. The number of hydrogen-bond acceptors (Lipinski definition) is 3. The second-order valence-corrected chi connectivity index (χ2v) is 7.11. The Labute approximate surface area is 156 Å². The van der Waals surface area contributed by atoms with Crippen LogP contribution in [0.5, 0.6) is 5.75 Å². The standard InChI is InChI=1S/C18H19Cl2NO2S/c1-12-10-13(6-7-17(12)23-2)18(22)21-8-9-24-11-14-15(19)4-3-5-16(14)20/h3-7,10H,8-9,11H2,1-2H3,(H,21,22). The smallest absolute Gasteiger partial charge is 0.251 e. The van der Waals surface area contributed by atoms with Crippen molar-refractivity contribution in [1.29, 1.82) is 0 Å². The highest BCUT2D eigenvalue weighted by molar-refractivity contribution is 7.98. The van der Waals surface area contributed by atoms with Crippen molar-refractivity contribution in [2.24, 2.45) is 0 Å². The SMILES string of the molecule is COc1ccc(C(=O)NCCSCc2c(Cl)cccc2Cl)cc1C. The normalized spacial score (nSPS) is 10.5. The lowest BCUT2D eigenvalue weighted by atomic mass is 10.1. The van der Waals surface area contributed by atoms with Crippen molar-refractivity contribution in [1.82, 2.24) is 5.32 Å². The number of nitrogens with one attached hydrogen (secondary N) is 1. The van der Waals surface area contributed by atoms with E-state index >= 15 is 0 Å². The molecule has 2 aromatic rings. The van der Waals surface area contributed by atoms with Gasteiger partial charge in [-0.05, 0) is 48.4 Å². The third kappa shape index (κ3) is 5.07. The average molecular weight is 384 g/mol. The molecule has 0 aliphatic rings. The summed E-state index contributed by atoms with van der Waals surface area (Å²) in [6.45, 7) is 2.50. The van der Waals surface area contributed by atoms with Gasteiger partial charge in [-0.25, -0.2) is 0 Å². The van der Waals surface area contributed by atoms with E-state index in [0.29, 0.717) is 22.2 Å². The maximum atomic E-state index is 12.1. The van der Waals surface area contributed by atoms with E-state index in [-0.39, 0.29) is 5.91 Å². The monoisotopic (exact) mass is 383 g/mol. The van der Waals surface area contributed by atoms with Gasteiger partial charge in [0.2, 0.25) is 0 Å². The quantitative estimate of drug-likeness (QED) is 0.685. The number of aryl methyl sites for hydroxylation is 1. The molecule has 0 spiro atoms. The molecule has 0 heterocycles. The lowest BCUT2D eigenvalue weighted by Gasteiger charge is -2.09. The molecular formula is C18H19Cl2NO2S. The Morgan fingerprint density at radius 1 is 1.21 bits per heavy atom. The van der Waals surface area contributed by atoms with Crippen molar-refractivity contribution in [3.05, 3.63) is 63.1 Å². The van der Waals surface area contributed by atoms with Gasteiger partial charge in [0.1, 0.15) is 5.75 Å². The van der Waals surface area contributed by atoms with Gasteiger partial charge >= 0.3 is 0 Å². The summed E-state index contributed by atoms with van der Waals surface area (Å²) in [6, 6.07) is 10.9. The number of carbonyl (C=O) groups is 1. The zero-order valence-corrected chi connectivity index (χ0v) is 15.9. The van der Waals surface area contributed by atoms with E-state index in [4.69, 9.17) is 27.9 Å². The summed E-state index contributed by atoms with van der Waals surface area (Å²) >= 11 is 13.9. The topological polar surface area (TPSA) is 38.3 Å². The molecular weight excluding hydrogens is 365 g/mol. The van der Waals surface area contributed by atoms with Crippen molar-refractivity contribution >= 4 is 40.9 Å². The van der Waals surface area contributed by atoms with E-state index in [1.54, 1.807) is 31.0 Å². The molecule has 0 unspecified atom stereocenters. The van der Waals surface area contributed by atoms with Gasteiger partial charge in [0.05, 0.1) is 7.11 Å². The van der Waals surface area contributed by atoms with Crippen molar-refractivity contribution in [2.75, 3.05) is 19.4 Å². The third-order valence-corrected chi connectivity index (χ3v) is 5.19. The second-order valence-electron chi connectivity index (χ2n) is 5.19. The lowest BCUT2D eigenvalue weighted by Crippen LogP contribution is -2.25. The number of methoxy groups -OCH3 is 1. The zero-order chi connectivity index (χ0) is 17.5. The van der Waals surface area contributed by atoms with E-state index in [1.807, 2.05) is 31.2 Å². The average Bonchev–Trinajstić information content (AvgIpc) is 2.56. The van der Waals surface area contributed by atoms with Crippen LogP contribution in [0.1, 0.15) is 21.5 Å². The number of ether oxygens (including phenoxy) is 1. The van der Waals surface area contributed by atoms with E-state index in [0.717, 1.165) is 28.4 Å². The van der Waals surface area contributed by atoms with Crippen LogP contribution in [-0.2, 0) is 5.75 Å². The lowest BCUT2D eigenvalue weighted by molar-refractivity contribution is 0.0956. The number of benzene rings is 2. The van der Waals surface area contributed by atoms with Crippen LogP contribution in [0.3, 0.4) is 0 Å². The van der Waals surface area contributed by atoms with Crippen LogP contribution in [0.4, 0.5) is 0 Å². The number of carbonyl (C=O) groups excluding carboxylic acids is 1. The van der Waals surface area contributed by atoms with E-state index in [1.165, 1.54) is 0 Å². The first-order valence-corrected chi connectivity index (χ1v) is 9.37. The highest BCUT2D eigenvalue weighted by Crippen LogP contribution is 2.28. The van der Waals surface area contributed by atoms with E-state index in [9.17, 15) is 4.79 Å². The Morgan fingerprint density at radius 3 is 2.54 bits per heavy atom. The summed E-state index contributed by atoms with van der Waals surface area (Å²) in [5.41, 5.74) is 2.50. The first-order valence-electron chi connectivity index (χ1n) is 7.46. The Kier molecular flexibility index (Phi) is 7.28. The largest absolute Gasteiger partial charge is 0.496 e. The molecule has 0 saturated heterocycles. The third-order valence-electron chi connectivity index (χ3n) is 3.50. The molecule has 2 aromatic carbocycles. The molecule has 0 aromatic heterocycles. The number of rotatable bonds is 7. The minimum atomic E-state index is -0.0860. The molecule has 0 saturated carbocycles. The number of halogens is 2. The summed E-state index contributed by atoms with van der Waals surface area (Å²) < 4.78 is 5.20. The van der Waals surface area contributed by atoms with Gasteiger partial charge in [-0.3, -0.25) is 4.79 Å². The van der Waals surface area contributed by atoms with Crippen molar-refractivity contribution in [3.8, 4) is 5.75 Å². The summed E-state index contributed by atoms with van der Waals surface area (Å²) in [5, 5.41) is 4.26. The van der Waals surface area contributed by atoms with Crippen LogP contribution >= 0.6 is 35.0 Å². The molecule has 2 rings (SSSR count). The minimum absolute atomic E-state index is 0.0860. The fraction of sp³-hybridized carbons (Fsp3) is 0.278. The first-order chi connectivity index (χ1) is 11.5. The molecule has 0 fully saturated rings. The summed E-state index contributed by atoms with van der Waals surface area (Å²) in [7, 11) is 1.62. The Bertz CT molecular complexity index is 702. The maximum Gasteiger partial charge on any atom is 0.251 e. The molecule has 6 heteroatoms. The van der Waals surface area contributed by atoms with E-state index in [2.05, 4.69) is 5.32 Å². The van der Waals surface area contributed by atoms with Gasteiger partial charge in [0.25, 0.3) is 5.91 Å². The van der Waals surface area contributed by atoms with Crippen molar-refractivity contribution in [2.45, 2.75) is 12.7 Å². The summed E-state index contributed by atoms with van der Waals surface area (Å²) in [4.78, 5) is 12.1. The van der Waals surface area contributed by atoms with Crippen molar-refractivity contribution < 1.29 is 9.53 Å². The van der Waals surface area contributed by atoms with Gasteiger partial charge < -0.3 is 10.1 Å². The molecule has 0 aliphatic heterocycles. The van der Waals surface area contributed by atoms with Crippen LogP contribution in [0, 0.1) is 6.92 Å². The Morgan fingerprint density at radius 2 is 1.92 bits per heavy atom. The van der Waals surface area contributed by atoms with Gasteiger partial charge in [0.15, 0.2) is 0 Å². The van der Waals surface area contributed by atoms with Gasteiger partial charge in [0, 0.05) is 33.7 Å². The molecule has 0 bridgehead atoms. The van der Waals surface area contributed by atoms with Gasteiger partial charge in [-0.15, -0.1) is 0 Å². The number of thioether (sulfide) groups is 1. The van der Waals surface area contributed by atoms with Crippen LogP contribution < -0.4 is 10.1 Å². The highest BCUT2D eigenvalue weighted by Gasteiger charge is 2.08. The first kappa shape index (κ1) is 19.0. The Balaban J connectivity index is 1.78. The molecule has 1 N–H and O–H groups in total.